The van der Waals surface area contributed by atoms with Gasteiger partial charge in [0.1, 0.15) is 0 Å². The molecule has 0 aliphatic carbocycles. The Hall–Kier alpha value is -3.04. The van der Waals surface area contributed by atoms with E-state index in [9.17, 15) is 24.8 Å². The number of nitro benzene ring substituents is 1. The monoisotopic (exact) mass is 430 g/mol. The molecule has 2 aromatic rings. The smallest absolute Gasteiger partial charge is 0.290 e. The second-order valence-electron chi connectivity index (χ2n) is 7.06. The van der Waals surface area contributed by atoms with Gasteiger partial charge in [-0.05, 0) is 37.8 Å². The summed E-state index contributed by atoms with van der Waals surface area (Å²) in [5, 5.41) is 23.9. The molecule has 1 aliphatic heterocycles. The molecule has 1 aliphatic rings. The van der Waals surface area contributed by atoms with Gasteiger partial charge in [-0.25, -0.2) is 0 Å². The van der Waals surface area contributed by atoms with Crippen molar-refractivity contribution in [2.24, 2.45) is 0 Å². The van der Waals surface area contributed by atoms with Crippen LogP contribution in [0.5, 0.6) is 0 Å². The summed E-state index contributed by atoms with van der Waals surface area (Å²) in [4.78, 5) is 38.7. The maximum absolute atomic E-state index is 13.1. The van der Waals surface area contributed by atoms with E-state index in [0.29, 0.717) is 17.9 Å². The molecule has 30 heavy (non-hydrogen) atoms. The maximum Gasteiger partial charge on any atom is 0.290 e. The number of benzene rings is 1. The molecule has 158 valence electrons. The molecule has 0 radical (unpaired) electrons. The number of nitro groups is 1. The van der Waals surface area contributed by atoms with Crippen LogP contribution in [0, 0.1) is 10.1 Å². The maximum atomic E-state index is 13.1. The van der Waals surface area contributed by atoms with E-state index < -0.39 is 28.4 Å². The van der Waals surface area contributed by atoms with Crippen LogP contribution >= 0.6 is 11.3 Å². The SMILES string of the molecule is CC(C)OCCCN1C(=O)C(O)=C(C(=O)c2cccs2)[C@@H]1c1ccccc1[N+](=O)[O-]. The Bertz CT molecular complexity index is 983. The van der Waals surface area contributed by atoms with E-state index >= 15 is 0 Å². The van der Waals surface area contributed by atoms with Crippen LogP contribution < -0.4 is 0 Å². The minimum atomic E-state index is -1.05. The number of ketones is 1. The topological polar surface area (TPSA) is 110 Å². The Morgan fingerprint density at radius 3 is 2.67 bits per heavy atom. The fourth-order valence-electron chi connectivity index (χ4n) is 3.42. The van der Waals surface area contributed by atoms with Gasteiger partial charge in [0, 0.05) is 19.2 Å². The highest BCUT2D eigenvalue weighted by Crippen LogP contribution is 2.42. The van der Waals surface area contributed by atoms with Crippen LogP contribution in [0.3, 0.4) is 0 Å². The number of hydrogen-bond acceptors (Lipinski definition) is 7. The first kappa shape index (κ1) is 21.7. The number of hydrogen-bond donors (Lipinski definition) is 1. The number of rotatable bonds is 9. The molecule has 0 saturated carbocycles. The standard InChI is InChI=1S/C21H22N2O6S/c1-13(2)29-11-6-10-22-18(14-7-3-4-8-15(14)23(27)28)17(20(25)21(22)26)19(24)16-9-5-12-30-16/h3-5,7-9,12-13,18,25H,6,10-11H2,1-2H3/t18-/m0/s1. The summed E-state index contributed by atoms with van der Waals surface area (Å²) in [6, 6.07) is 8.18. The van der Waals surface area contributed by atoms with Gasteiger partial charge in [-0.15, -0.1) is 11.3 Å². The summed E-state index contributed by atoms with van der Waals surface area (Å²) in [5.74, 6) is -1.90. The minimum Gasteiger partial charge on any atom is -0.503 e. The van der Waals surface area contributed by atoms with Gasteiger partial charge >= 0.3 is 0 Å². The highest BCUT2D eigenvalue weighted by atomic mass is 32.1. The molecule has 1 aromatic heterocycles. The van der Waals surface area contributed by atoms with Gasteiger partial charge in [0.25, 0.3) is 11.6 Å². The molecule has 1 amide bonds. The van der Waals surface area contributed by atoms with Crippen molar-refractivity contribution in [3.8, 4) is 0 Å². The van der Waals surface area contributed by atoms with Gasteiger partial charge in [-0.2, -0.15) is 0 Å². The van der Waals surface area contributed by atoms with Crippen LogP contribution in [-0.2, 0) is 9.53 Å². The third-order valence-corrected chi connectivity index (χ3v) is 5.58. The van der Waals surface area contributed by atoms with Crippen molar-refractivity contribution >= 4 is 28.7 Å². The highest BCUT2D eigenvalue weighted by molar-refractivity contribution is 7.12. The Morgan fingerprint density at radius 2 is 2.03 bits per heavy atom. The molecule has 2 heterocycles. The molecule has 1 aromatic carbocycles. The zero-order chi connectivity index (χ0) is 21.8. The normalized spacial score (nSPS) is 16.6. The van der Waals surface area contributed by atoms with E-state index in [0.717, 1.165) is 0 Å². The summed E-state index contributed by atoms with van der Waals surface area (Å²) in [6.07, 6.45) is 0.474. The fraction of sp³-hybridized carbons (Fsp3) is 0.333. The molecule has 0 bridgehead atoms. The predicted octanol–water partition coefficient (Wildman–Crippen LogP) is 4.05. The molecule has 0 unspecified atom stereocenters. The molecular weight excluding hydrogens is 408 g/mol. The van der Waals surface area contributed by atoms with Crippen molar-refractivity contribution in [1.29, 1.82) is 0 Å². The van der Waals surface area contributed by atoms with Crippen LogP contribution in [0.2, 0.25) is 0 Å². The van der Waals surface area contributed by atoms with E-state index in [1.54, 1.807) is 23.6 Å². The van der Waals surface area contributed by atoms with Gasteiger partial charge in [0.15, 0.2) is 5.76 Å². The molecule has 0 saturated heterocycles. The second kappa shape index (κ2) is 9.19. The van der Waals surface area contributed by atoms with Gasteiger partial charge in [0.2, 0.25) is 5.78 Å². The van der Waals surface area contributed by atoms with Crippen molar-refractivity contribution in [2.75, 3.05) is 13.2 Å². The van der Waals surface area contributed by atoms with E-state index in [-0.39, 0.29) is 29.5 Å². The lowest BCUT2D eigenvalue weighted by atomic mass is 9.94. The average molecular weight is 430 g/mol. The number of thiophene rings is 1. The van der Waals surface area contributed by atoms with E-state index in [1.807, 2.05) is 13.8 Å². The number of ether oxygens (including phenoxy) is 1. The third-order valence-electron chi connectivity index (χ3n) is 4.72. The number of aliphatic hydroxyl groups excluding tert-OH is 1. The predicted molar refractivity (Wildman–Crippen MR) is 112 cm³/mol. The molecule has 1 N–H and O–H groups in total. The Labute approximate surface area is 177 Å². The molecule has 8 nitrogen and oxygen atoms in total. The molecule has 0 fully saturated rings. The fourth-order valence-corrected chi connectivity index (χ4v) is 4.10. The van der Waals surface area contributed by atoms with E-state index in [4.69, 9.17) is 4.74 Å². The van der Waals surface area contributed by atoms with Gasteiger partial charge in [-0.3, -0.25) is 19.7 Å². The average Bonchev–Trinajstić information content (AvgIpc) is 3.33. The van der Waals surface area contributed by atoms with Crippen LogP contribution in [0.15, 0.2) is 53.1 Å². The van der Waals surface area contributed by atoms with Gasteiger partial charge in [0.05, 0.1) is 33.1 Å². The molecule has 0 spiro atoms. The summed E-state index contributed by atoms with van der Waals surface area (Å²) in [6.45, 7) is 4.33. The summed E-state index contributed by atoms with van der Waals surface area (Å²) in [7, 11) is 0. The quantitative estimate of drug-likeness (QED) is 0.278. The summed E-state index contributed by atoms with van der Waals surface area (Å²) >= 11 is 1.18. The molecule has 9 heteroatoms. The lowest BCUT2D eigenvalue weighted by Gasteiger charge is -2.26. The van der Waals surface area contributed by atoms with Crippen LogP contribution in [0.1, 0.15) is 41.5 Å². The Balaban J connectivity index is 2.03. The first-order chi connectivity index (χ1) is 14.3. The number of amides is 1. The number of carbonyl (C=O) groups excluding carboxylic acids is 2. The second-order valence-corrected chi connectivity index (χ2v) is 8.01. The Kier molecular flexibility index (Phi) is 6.63. The largest absolute Gasteiger partial charge is 0.503 e. The van der Waals surface area contributed by atoms with Crippen LogP contribution in [0.4, 0.5) is 5.69 Å². The first-order valence-corrected chi connectivity index (χ1v) is 10.4. The number of aliphatic hydroxyl groups is 1. The van der Waals surface area contributed by atoms with Crippen molar-refractivity contribution in [1.82, 2.24) is 4.90 Å². The number of Topliss-reactive ketones (excluding diaryl/α,β-unsaturated/α-hetero) is 1. The van der Waals surface area contributed by atoms with E-state index in [1.165, 1.54) is 34.4 Å². The number of nitrogens with zero attached hydrogens (tertiary/aromatic N) is 2. The van der Waals surface area contributed by atoms with Gasteiger partial charge in [-0.1, -0.05) is 18.2 Å². The van der Waals surface area contributed by atoms with Crippen LogP contribution in [0.25, 0.3) is 0 Å². The van der Waals surface area contributed by atoms with Crippen molar-refractivity contribution < 1.29 is 24.4 Å². The molecule has 1 atom stereocenters. The zero-order valence-electron chi connectivity index (χ0n) is 16.6. The molecule has 3 rings (SSSR count). The highest BCUT2D eigenvalue weighted by Gasteiger charge is 2.45. The summed E-state index contributed by atoms with van der Waals surface area (Å²) < 4.78 is 5.51. The number of carbonyl (C=O) groups is 2. The zero-order valence-corrected chi connectivity index (χ0v) is 17.4. The van der Waals surface area contributed by atoms with Crippen molar-refractivity contribution in [2.45, 2.75) is 32.4 Å². The summed E-state index contributed by atoms with van der Waals surface area (Å²) in [5.41, 5.74) is -0.170. The lowest BCUT2D eigenvalue weighted by molar-refractivity contribution is -0.385. The van der Waals surface area contributed by atoms with Crippen LogP contribution in [-0.4, -0.2) is 45.9 Å². The van der Waals surface area contributed by atoms with Crippen molar-refractivity contribution in [3.05, 3.63) is 73.7 Å². The Morgan fingerprint density at radius 1 is 1.30 bits per heavy atom. The first-order valence-electron chi connectivity index (χ1n) is 9.50. The minimum absolute atomic E-state index is 0.0211. The molecular formula is C21H22N2O6S. The number of para-hydroxylation sites is 1. The third kappa shape index (κ3) is 4.27. The van der Waals surface area contributed by atoms with E-state index in [2.05, 4.69) is 0 Å². The lowest BCUT2D eigenvalue weighted by Crippen LogP contribution is -2.33. The van der Waals surface area contributed by atoms with Gasteiger partial charge < -0.3 is 14.7 Å². The van der Waals surface area contributed by atoms with Crippen molar-refractivity contribution in [3.63, 3.8) is 0 Å².